The van der Waals surface area contributed by atoms with Crippen molar-refractivity contribution in [1.82, 2.24) is 9.21 Å². The van der Waals surface area contributed by atoms with Gasteiger partial charge in [0.05, 0.1) is 18.8 Å². The quantitative estimate of drug-likeness (QED) is 0.582. The van der Waals surface area contributed by atoms with E-state index in [4.69, 9.17) is 9.47 Å². The number of ether oxygens (including phenoxy) is 2. The van der Waals surface area contributed by atoms with E-state index < -0.39 is 16.1 Å². The van der Waals surface area contributed by atoms with Gasteiger partial charge in [-0.15, -0.1) is 0 Å². The van der Waals surface area contributed by atoms with Crippen LogP contribution in [-0.2, 0) is 20.5 Å². The molecule has 0 radical (unpaired) electrons. The Morgan fingerprint density at radius 2 is 1.69 bits per heavy atom. The van der Waals surface area contributed by atoms with Gasteiger partial charge in [-0.05, 0) is 73.1 Å². The lowest BCUT2D eigenvalue weighted by atomic mass is 10.0. The van der Waals surface area contributed by atoms with Gasteiger partial charge in [0.15, 0.2) is 0 Å². The first kappa shape index (κ1) is 24.2. The van der Waals surface area contributed by atoms with E-state index in [0.717, 1.165) is 6.42 Å². The first-order chi connectivity index (χ1) is 16.6. The van der Waals surface area contributed by atoms with Gasteiger partial charge < -0.3 is 14.4 Å². The predicted octanol–water partition coefficient (Wildman–Crippen LogP) is 3.14. The summed E-state index contributed by atoms with van der Waals surface area (Å²) in [5.74, 6) is 1.02. The summed E-state index contributed by atoms with van der Waals surface area (Å²) in [6.45, 7) is 5.39. The summed E-state index contributed by atoms with van der Waals surface area (Å²) in [5.41, 5.74) is 2.35. The van der Waals surface area contributed by atoms with Crippen LogP contribution in [0.1, 0.15) is 33.5 Å². The Bertz CT molecular complexity index is 1220. The normalized spacial score (nSPS) is 26.1. The number of carbonyl (C=O) groups is 1. The Morgan fingerprint density at radius 3 is 2.34 bits per heavy atom. The summed E-state index contributed by atoms with van der Waals surface area (Å²) in [4.78, 5) is 14.9. The van der Waals surface area contributed by atoms with Crippen LogP contribution >= 0.6 is 0 Å². The number of rotatable bonds is 7. The first-order valence-electron chi connectivity index (χ1n) is 12.0. The molecule has 0 N–H and O–H groups in total. The number of nitrogens with zero attached hydrogens (tertiary/aromatic N) is 2. The number of hydrogen-bond donors (Lipinski definition) is 0. The topological polar surface area (TPSA) is 76.1 Å². The predicted molar refractivity (Wildman–Crippen MR) is 129 cm³/mol. The number of sulfonamides is 1. The average Bonchev–Trinajstić information content (AvgIpc) is 3.19. The van der Waals surface area contributed by atoms with E-state index in [9.17, 15) is 17.6 Å². The van der Waals surface area contributed by atoms with Gasteiger partial charge in [-0.2, -0.15) is 0 Å². The molecule has 0 spiro atoms. The van der Waals surface area contributed by atoms with Gasteiger partial charge in [-0.1, -0.05) is 12.1 Å². The van der Waals surface area contributed by atoms with Crippen molar-refractivity contribution in [1.29, 1.82) is 0 Å². The molecule has 3 fully saturated rings. The summed E-state index contributed by atoms with van der Waals surface area (Å²) >= 11 is 0. The third-order valence-electron chi connectivity index (χ3n) is 7.39. The molecule has 1 amide bonds. The highest BCUT2D eigenvalue weighted by Crippen LogP contribution is 2.46. The summed E-state index contributed by atoms with van der Waals surface area (Å²) in [6, 6.07) is 9.84. The average molecular weight is 503 g/mol. The number of aryl methyl sites for hydroxylation is 2. The molecule has 0 bridgehead atoms. The molecule has 9 heteroatoms. The van der Waals surface area contributed by atoms with Crippen LogP contribution in [0.3, 0.4) is 0 Å². The lowest BCUT2D eigenvalue weighted by molar-refractivity contribution is 0.0339. The Kier molecular flexibility index (Phi) is 6.35. The lowest BCUT2D eigenvalue weighted by Gasteiger charge is -2.20. The number of carbonyl (C=O) groups excluding carboxylic acids is 1. The number of amides is 1. The molecular weight excluding hydrogens is 471 g/mol. The molecule has 0 aromatic heterocycles. The van der Waals surface area contributed by atoms with E-state index in [-0.39, 0.29) is 23.6 Å². The van der Waals surface area contributed by atoms with Crippen molar-refractivity contribution >= 4 is 15.9 Å². The van der Waals surface area contributed by atoms with Gasteiger partial charge in [0.25, 0.3) is 5.91 Å². The third kappa shape index (κ3) is 4.94. The van der Waals surface area contributed by atoms with E-state index in [2.05, 4.69) is 0 Å². The zero-order chi connectivity index (χ0) is 24.9. The SMILES string of the molecule is CO[C@@H]1CN(C(=O)c2c(C)cc(F)cc2C)C[C@H]1Oc1cccc(CS(=O)(=O)N2CC3CC3C2)c1. The third-order valence-corrected chi connectivity index (χ3v) is 9.17. The molecule has 2 heterocycles. The van der Waals surface area contributed by atoms with Crippen molar-refractivity contribution in [3.63, 3.8) is 0 Å². The highest BCUT2D eigenvalue weighted by atomic mass is 32.2. The maximum atomic E-state index is 13.7. The number of hydrogen-bond acceptors (Lipinski definition) is 5. The number of benzene rings is 2. The summed E-state index contributed by atoms with van der Waals surface area (Å²) in [7, 11) is -1.79. The summed E-state index contributed by atoms with van der Waals surface area (Å²) < 4.78 is 52.8. The second-order valence-corrected chi connectivity index (χ2v) is 12.0. The highest BCUT2D eigenvalue weighted by Gasteiger charge is 2.48. The van der Waals surface area contributed by atoms with Crippen LogP contribution in [0.25, 0.3) is 0 Å². The zero-order valence-corrected chi connectivity index (χ0v) is 21.1. The fraction of sp³-hybridized carbons (Fsp3) is 0.500. The molecule has 7 nitrogen and oxygen atoms in total. The monoisotopic (exact) mass is 502 g/mol. The molecule has 35 heavy (non-hydrogen) atoms. The van der Waals surface area contributed by atoms with E-state index in [1.54, 1.807) is 54.4 Å². The van der Waals surface area contributed by atoms with Crippen molar-refractivity contribution in [2.24, 2.45) is 11.8 Å². The van der Waals surface area contributed by atoms with Gasteiger partial charge in [-0.3, -0.25) is 4.79 Å². The lowest BCUT2D eigenvalue weighted by Crippen LogP contribution is -2.32. The number of likely N-dealkylation sites (tertiary alicyclic amines) is 1. The van der Waals surface area contributed by atoms with Gasteiger partial charge in [-0.25, -0.2) is 17.1 Å². The molecular formula is C26H31FN2O5S. The minimum atomic E-state index is -3.36. The number of methoxy groups -OCH3 is 1. The second-order valence-electron chi connectivity index (χ2n) is 10.0. The number of fused-ring (bicyclic) bond motifs is 1. The van der Waals surface area contributed by atoms with Crippen LogP contribution in [0, 0.1) is 31.5 Å². The largest absolute Gasteiger partial charge is 0.486 e. The highest BCUT2D eigenvalue weighted by molar-refractivity contribution is 7.88. The summed E-state index contributed by atoms with van der Waals surface area (Å²) in [6.07, 6.45) is 0.392. The second kappa shape index (κ2) is 9.19. The van der Waals surface area contributed by atoms with Crippen LogP contribution in [0.4, 0.5) is 4.39 Å². The zero-order valence-electron chi connectivity index (χ0n) is 20.2. The molecule has 5 rings (SSSR count). The fourth-order valence-corrected chi connectivity index (χ4v) is 7.04. The van der Waals surface area contributed by atoms with Gasteiger partial charge in [0, 0.05) is 25.8 Å². The maximum Gasteiger partial charge on any atom is 0.254 e. The molecule has 2 unspecified atom stereocenters. The van der Waals surface area contributed by atoms with Crippen LogP contribution < -0.4 is 4.74 Å². The minimum absolute atomic E-state index is 0.0598. The van der Waals surface area contributed by atoms with Gasteiger partial charge in [0.1, 0.15) is 23.8 Å². The molecule has 2 aromatic rings. The van der Waals surface area contributed by atoms with E-state index in [1.807, 2.05) is 0 Å². The van der Waals surface area contributed by atoms with Crippen molar-refractivity contribution in [2.75, 3.05) is 33.3 Å². The van der Waals surface area contributed by atoms with Crippen LogP contribution in [0.15, 0.2) is 36.4 Å². The van der Waals surface area contributed by atoms with Gasteiger partial charge >= 0.3 is 0 Å². The van der Waals surface area contributed by atoms with Crippen molar-refractivity contribution < 1.29 is 27.1 Å². The Hall–Kier alpha value is -2.49. The van der Waals surface area contributed by atoms with E-state index in [0.29, 0.717) is 66.0 Å². The Morgan fingerprint density at radius 1 is 1.03 bits per heavy atom. The molecule has 2 aromatic carbocycles. The van der Waals surface area contributed by atoms with Crippen molar-refractivity contribution in [3.8, 4) is 5.75 Å². The number of halogens is 1. The van der Waals surface area contributed by atoms with Crippen LogP contribution in [0.5, 0.6) is 5.75 Å². The molecule has 2 saturated heterocycles. The Labute approximate surface area is 205 Å². The smallest absolute Gasteiger partial charge is 0.254 e. The summed E-state index contributed by atoms with van der Waals surface area (Å²) in [5, 5.41) is 0. The number of piperidine rings is 1. The van der Waals surface area contributed by atoms with E-state index >= 15 is 0 Å². The molecule has 1 saturated carbocycles. The van der Waals surface area contributed by atoms with E-state index in [1.165, 1.54) is 12.1 Å². The van der Waals surface area contributed by atoms with Crippen molar-refractivity contribution in [2.45, 2.75) is 38.2 Å². The van der Waals surface area contributed by atoms with Crippen LogP contribution in [-0.4, -0.2) is 69.0 Å². The maximum absolute atomic E-state index is 13.7. The molecule has 4 atom stereocenters. The molecule has 1 aliphatic carbocycles. The van der Waals surface area contributed by atoms with Gasteiger partial charge in [0.2, 0.25) is 10.0 Å². The Balaban J connectivity index is 1.27. The molecule has 3 aliphatic rings. The van der Waals surface area contributed by atoms with Crippen LogP contribution in [0.2, 0.25) is 0 Å². The minimum Gasteiger partial charge on any atom is -0.486 e. The fourth-order valence-electron chi connectivity index (χ4n) is 5.42. The van der Waals surface area contributed by atoms with Crippen molar-refractivity contribution in [3.05, 3.63) is 64.5 Å². The molecule has 2 aliphatic heterocycles. The first-order valence-corrected chi connectivity index (χ1v) is 13.6. The standard InChI is InChI=1S/C26H31FN2O5S/c1-16-7-21(27)8-17(2)25(16)26(30)28-13-23(33-3)24(14-28)34-22-6-4-5-18(9-22)15-35(31,32)29-11-19-10-20(19)12-29/h4-9,19-20,23-24H,10-15H2,1-3H3/t19?,20?,23-,24-/m1/s1. The molecule has 188 valence electrons.